The lowest BCUT2D eigenvalue weighted by molar-refractivity contribution is 0.180. The minimum absolute atomic E-state index is 0.0594. The van der Waals surface area contributed by atoms with Crippen LogP contribution in [-0.4, -0.2) is 22.8 Å². The SMILES string of the molecule is NC(c1cncn1CC1CC=CCC1)C1CCOC1. The standard InChI is InChI=1S/C15H23N3O/c16-15(13-6-7-19-10-13)14-8-17-11-18(14)9-12-4-2-1-3-5-12/h1-2,8,11-13,15H,3-7,9-10,16H2. The number of hydrogen-bond acceptors (Lipinski definition) is 3. The van der Waals surface area contributed by atoms with Gasteiger partial charge >= 0.3 is 0 Å². The maximum absolute atomic E-state index is 6.40. The van der Waals surface area contributed by atoms with Crippen molar-refractivity contribution in [1.29, 1.82) is 0 Å². The highest BCUT2D eigenvalue weighted by molar-refractivity contribution is 5.07. The van der Waals surface area contributed by atoms with E-state index in [2.05, 4.69) is 21.7 Å². The molecule has 19 heavy (non-hydrogen) atoms. The van der Waals surface area contributed by atoms with Gasteiger partial charge in [-0.05, 0) is 31.6 Å². The number of allylic oxidation sites excluding steroid dienone is 2. The monoisotopic (exact) mass is 261 g/mol. The van der Waals surface area contributed by atoms with E-state index in [0.717, 1.165) is 32.1 Å². The number of ether oxygens (including phenoxy) is 1. The molecule has 1 aliphatic carbocycles. The van der Waals surface area contributed by atoms with Gasteiger partial charge in [0.1, 0.15) is 0 Å². The van der Waals surface area contributed by atoms with Crippen LogP contribution >= 0.6 is 0 Å². The molecule has 2 aliphatic rings. The van der Waals surface area contributed by atoms with Crippen LogP contribution in [0, 0.1) is 11.8 Å². The third kappa shape index (κ3) is 2.90. The van der Waals surface area contributed by atoms with E-state index in [1.807, 2.05) is 12.5 Å². The fourth-order valence-electron chi connectivity index (χ4n) is 3.14. The van der Waals surface area contributed by atoms with Crippen LogP contribution in [0.3, 0.4) is 0 Å². The number of imidazole rings is 1. The van der Waals surface area contributed by atoms with Crippen LogP contribution in [0.4, 0.5) is 0 Å². The number of nitrogens with zero attached hydrogens (tertiary/aromatic N) is 2. The molecule has 0 radical (unpaired) electrons. The van der Waals surface area contributed by atoms with Gasteiger partial charge in [0.25, 0.3) is 0 Å². The lowest BCUT2D eigenvalue weighted by Crippen LogP contribution is -2.25. The Morgan fingerprint density at radius 3 is 3.11 bits per heavy atom. The Morgan fingerprint density at radius 2 is 2.37 bits per heavy atom. The molecule has 4 heteroatoms. The lowest BCUT2D eigenvalue weighted by Gasteiger charge is -2.23. The Kier molecular flexibility index (Phi) is 3.99. The molecule has 1 aliphatic heterocycles. The Balaban J connectivity index is 1.68. The Bertz CT molecular complexity index is 434. The summed E-state index contributed by atoms with van der Waals surface area (Å²) >= 11 is 0. The summed E-state index contributed by atoms with van der Waals surface area (Å²) in [5.74, 6) is 1.17. The van der Waals surface area contributed by atoms with Gasteiger partial charge < -0.3 is 15.0 Å². The van der Waals surface area contributed by atoms with Crippen molar-refractivity contribution in [2.75, 3.05) is 13.2 Å². The first-order chi connectivity index (χ1) is 9.34. The van der Waals surface area contributed by atoms with Crippen LogP contribution in [0.1, 0.15) is 37.4 Å². The molecule has 3 atom stereocenters. The van der Waals surface area contributed by atoms with Crippen molar-refractivity contribution in [3.05, 3.63) is 30.4 Å². The number of hydrogen-bond donors (Lipinski definition) is 1. The minimum atomic E-state index is 0.0594. The molecule has 0 amide bonds. The van der Waals surface area contributed by atoms with Crippen LogP contribution in [0.2, 0.25) is 0 Å². The van der Waals surface area contributed by atoms with Gasteiger partial charge in [-0.1, -0.05) is 12.2 Å². The van der Waals surface area contributed by atoms with Crippen molar-refractivity contribution in [3.8, 4) is 0 Å². The molecule has 104 valence electrons. The first-order valence-electron chi connectivity index (χ1n) is 7.33. The fraction of sp³-hybridized carbons (Fsp3) is 0.667. The molecule has 4 nitrogen and oxygen atoms in total. The molecule has 1 aromatic rings. The van der Waals surface area contributed by atoms with Crippen molar-refractivity contribution < 1.29 is 4.74 Å². The number of rotatable bonds is 4. The normalized spacial score (nSPS) is 28.7. The second-order valence-electron chi connectivity index (χ2n) is 5.77. The second-order valence-corrected chi connectivity index (χ2v) is 5.77. The summed E-state index contributed by atoms with van der Waals surface area (Å²) < 4.78 is 7.70. The molecular weight excluding hydrogens is 238 g/mol. The summed E-state index contributed by atoms with van der Waals surface area (Å²) in [5.41, 5.74) is 7.57. The second kappa shape index (κ2) is 5.88. The molecule has 1 aromatic heterocycles. The van der Waals surface area contributed by atoms with Gasteiger partial charge in [0.2, 0.25) is 0 Å². The highest BCUT2D eigenvalue weighted by Crippen LogP contribution is 2.28. The molecule has 0 spiro atoms. The van der Waals surface area contributed by atoms with Crippen LogP contribution in [-0.2, 0) is 11.3 Å². The Labute approximate surface area is 114 Å². The van der Waals surface area contributed by atoms with Crippen molar-refractivity contribution in [2.24, 2.45) is 17.6 Å². The van der Waals surface area contributed by atoms with Gasteiger partial charge in [-0.3, -0.25) is 0 Å². The Morgan fingerprint density at radius 1 is 1.42 bits per heavy atom. The smallest absolute Gasteiger partial charge is 0.0948 e. The van der Waals surface area contributed by atoms with Crippen molar-refractivity contribution in [1.82, 2.24) is 9.55 Å². The maximum atomic E-state index is 6.40. The molecular formula is C15H23N3O. The lowest BCUT2D eigenvalue weighted by atomic mass is 9.93. The molecule has 2 heterocycles. The Hall–Kier alpha value is -1.13. The largest absolute Gasteiger partial charge is 0.381 e. The van der Waals surface area contributed by atoms with Crippen molar-refractivity contribution >= 4 is 0 Å². The minimum Gasteiger partial charge on any atom is -0.381 e. The fourth-order valence-corrected chi connectivity index (χ4v) is 3.14. The van der Waals surface area contributed by atoms with Gasteiger partial charge in [-0.25, -0.2) is 4.98 Å². The van der Waals surface area contributed by atoms with Crippen LogP contribution < -0.4 is 5.73 Å². The third-order valence-corrected chi connectivity index (χ3v) is 4.39. The van der Waals surface area contributed by atoms with Gasteiger partial charge in [0.15, 0.2) is 0 Å². The van der Waals surface area contributed by atoms with Crippen LogP contribution in [0.15, 0.2) is 24.7 Å². The highest BCUT2D eigenvalue weighted by Gasteiger charge is 2.26. The molecule has 0 bridgehead atoms. The van der Waals surface area contributed by atoms with E-state index >= 15 is 0 Å². The van der Waals surface area contributed by atoms with Crippen molar-refractivity contribution in [2.45, 2.75) is 38.3 Å². The first-order valence-corrected chi connectivity index (χ1v) is 7.33. The molecule has 0 saturated carbocycles. The highest BCUT2D eigenvalue weighted by atomic mass is 16.5. The van der Waals surface area contributed by atoms with Gasteiger partial charge in [0, 0.05) is 25.3 Å². The van der Waals surface area contributed by atoms with Gasteiger partial charge in [-0.2, -0.15) is 0 Å². The van der Waals surface area contributed by atoms with E-state index < -0.39 is 0 Å². The predicted molar refractivity (Wildman–Crippen MR) is 74.6 cm³/mol. The zero-order valence-corrected chi connectivity index (χ0v) is 11.4. The van der Waals surface area contributed by atoms with Gasteiger partial charge in [0.05, 0.1) is 24.7 Å². The van der Waals surface area contributed by atoms with Crippen molar-refractivity contribution in [3.63, 3.8) is 0 Å². The van der Waals surface area contributed by atoms with Gasteiger partial charge in [-0.15, -0.1) is 0 Å². The molecule has 0 aromatic carbocycles. The molecule has 1 fully saturated rings. The molecule has 3 unspecified atom stereocenters. The van der Waals surface area contributed by atoms with E-state index in [1.54, 1.807) is 0 Å². The predicted octanol–water partition coefficient (Wildman–Crippen LogP) is 2.28. The van der Waals surface area contributed by atoms with E-state index in [9.17, 15) is 0 Å². The summed E-state index contributed by atoms with van der Waals surface area (Å²) in [4.78, 5) is 4.30. The summed E-state index contributed by atoms with van der Waals surface area (Å²) in [5, 5.41) is 0. The summed E-state index contributed by atoms with van der Waals surface area (Å²) in [6.07, 6.45) is 13.2. The van der Waals surface area contributed by atoms with Crippen LogP contribution in [0.25, 0.3) is 0 Å². The summed E-state index contributed by atoms with van der Waals surface area (Å²) in [6.45, 7) is 2.68. The summed E-state index contributed by atoms with van der Waals surface area (Å²) in [7, 11) is 0. The summed E-state index contributed by atoms with van der Waals surface area (Å²) in [6, 6.07) is 0.0594. The average Bonchev–Trinajstić information content (AvgIpc) is 3.10. The van der Waals surface area contributed by atoms with E-state index in [1.165, 1.54) is 25.0 Å². The molecule has 2 N–H and O–H groups in total. The maximum Gasteiger partial charge on any atom is 0.0948 e. The number of aromatic nitrogens is 2. The quantitative estimate of drug-likeness (QED) is 0.846. The van der Waals surface area contributed by atoms with E-state index in [0.29, 0.717) is 5.92 Å². The topological polar surface area (TPSA) is 53.1 Å². The first kappa shape index (κ1) is 12.9. The average molecular weight is 261 g/mol. The molecule has 1 saturated heterocycles. The zero-order valence-electron chi connectivity index (χ0n) is 11.4. The zero-order chi connectivity index (χ0) is 13.1. The number of nitrogens with two attached hydrogens (primary N) is 1. The van der Waals surface area contributed by atoms with Crippen LogP contribution in [0.5, 0.6) is 0 Å². The van der Waals surface area contributed by atoms with E-state index in [4.69, 9.17) is 10.5 Å². The molecule has 3 rings (SSSR count). The van der Waals surface area contributed by atoms with E-state index in [-0.39, 0.29) is 6.04 Å². The third-order valence-electron chi connectivity index (χ3n) is 4.39.